The Kier molecular flexibility index (Phi) is 4.41. The zero-order valence-corrected chi connectivity index (χ0v) is 13.7. The highest BCUT2D eigenvalue weighted by Gasteiger charge is 2.36. The van der Waals surface area contributed by atoms with E-state index in [0.29, 0.717) is 15.6 Å². The summed E-state index contributed by atoms with van der Waals surface area (Å²) in [6, 6.07) is 13.9. The van der Waals surface area contributed by atoms with Gasteiger partial charge in [-0.15, -0.1) is 0 Å². The molecule has 2 aromatic carbocycles. The van der Waals surface area contributed by atoms with Crippen LogP contribution in [0.25, 0.3) is 6.08 Å². The van der Waals surface area contributed by atoms with Gasteiger partial charge in [-0.3, -0.25) is 9.59 Å². The molecule has 0 saturated carbocycles. The van der Waals surface area contributed by atoms with Gasteiger partial charge < -0.3 is 4.74 Å². The fourth-order valence-corrected chi connectivity index (χ4v) is 3.18. The number of amides is 2. The number of thioether (sulfide) groups is 1. The van der Waals surface area contributed by atoms with Crippen LogP contribution in [0, 0.1) is 0 Å². The van der Waals surface area contributed by atoms with Crippen molar-refractivity contribution in [3.8, 4) is 5.75 Å². The maximum atomic E-state index is 12.5. The van der Waals surface area contributed by atoms with Crippen molar-refractivity contribution in [3.05, 3.63) is 64.0 Å². The van der Waals surface area contributed by atoms with Gasteiger partial charge in [-0.2, -0.15) is 0 Å². The Hall–Kier alpha value is -2.24. The van der Waals surface area contributed by atoms with E-state index in [1.165, 1.54) is 0 Å². The third kappa shape index (κ3) is 3.25. The number of halogens is 1. The largest absolute Gasteiger partial charge is 0.497 e. The number of methoxy groups -OCH3 is 1. The molecule has 0 aromatic heterocycles. The minimum Gasteiger partial charge on any atom is -0.497 e. The summed E-state index contributed by atoms with van der Waals surface area (Å²) in [7, 11) is 1.59. The lowest BCUT2D eigenvalue weighted by Gasteiger charge is -2.12. The number of benzene rings is 2. The molecular formula is C17H12ClNO3S. The number of carbonyl (C=O) groups excluding carboxylic acids is 2. The molecular weight excluding hydrogens is 334 g/mol. The molecule has 1 saturated heterocycles. The van der Waals surface area contributed by atoms with Gasteiger partial charge in [0.1, 0.15) is 5.75 Å². The van der Waals surface area contributed by atoms with Crippen LogP contribution in [0.5, 0.6) is 5.75 Å². The van der Waals surface area contributed by atoms with E-state index in [-0.39, 0.29) is 11.1 Å². The van der Waals surface area contributed by atoms with Crippen molar-refractivity contribution in [3.63, 3.8) is 0 Å². The van der Waals surface area contributed by atoms with Crippen LogP contribution in [0.1, 0.15) is 5.56 Å². The van der Waals surface area contributed by atoms with E-state index in [2.05, 4.69) is 0 Å². The molecule has 4 nitrogen and oxygen atoms in total. The van der Waals surface area contributed by atoms with Crippen LogP contribution in [0.3, 0.4) is 0 Å². The highest BCUT2D eigenvalue weighted by molar-refractivity contribution is 8.19. The highest BCUT2D eigenvalue weighted by Crippen LogP contribution is 2.36. The maximum absolute atomic E-state index is 12.5. The SMILES string of the molecule is COc1ccc(/C=C2\SC(=O)N(c3cccc(Cl)c3)C2=O)cc1. The van der Waals surface area contributed by atoms with Crippen LogP contribution in [0.2, 0.25) is 5.02 Å². The van der Waals surface area contributed by atoms with Crippen molar-refractivity contribution in [2.45, 2.75) is 0 Å². The van der Waals surface area contributed by atoms with E-state index in [9.17, 15) is 9.59 Å². The number of rotatable bonds is 3. The van der Waals surface area contributed by atoms with Crippen molar-refractivity contribution in [1.29, 1.82) is 0 Å². The lowest BCUT2D eigenvalue weighted by Crippen LogP contribution is -2.27. The summed E-state index contributed by atoms with van der Waals surface area (Å²) in [5.74, 6) is 0.382. The lowest BCUT2D eigenvalue weighted by molar-refractivity contribution is -0.113. The predicted molar refractivity (Wildman–Crippen MR) is 92.9 cm³/mol. The Morgan fingerprint density at radius 2 is 1.87 bits per heavy atom. The van der Waals surface area contributed by atoms with E-state index < -0.39 is 0 Å². The first-order valence-electron chi connectivity index (χ1n) is 6.76. The molecule has 0 atom stereocenters. The average Bonchev–Trinajstić information content (AvgIpc) is 2.82. The zero-order chi connectivity index (χ0) is 16.4. The minimum absolute atomic E-state index is 0.336. The molecule has 3 rings (SSSR count). The van der Waals surface area contributed by atoms with Gasteiger partial charge in [-0.1, -0.05) is 29.8 Å². The Morgan fingerprint density at radius 3 is 2.52 bits per heavy atom. The second-order valence-electron chi connectivity index (χ2n) is 4.77. The van der Waals surface area contributed by atoms with Gasteiger partial charge in [0, 0.05) is 5.02 Å². The second-order valence-corrected chi connectivity index (χ2v) is 6.20. The molecule has 0 aliphatic carbocycles. The van der Waals surface area contributed by atoms with E-state index in [0.717, 1.165) is 28.0 Å². The summed E-state index contributed by atoms with van der Waals surface area (Å²) >= 11 is 6.84. The van der Waals surface area contributed by atoms with Crippen molar-refractivity contribution in [1.82, 2.24) is 0 Å². The molecule has 116 valence electrons. The minimum atomic E-state index is -0.349. The Labute approximate surface area is 142 Å². The number of hydrogen-bond acceptors (Lipinski definition) is 4. The van der Waals surface area contributed by atoms with Crippen LogP contribution in [0.15, 0.2) is 53.4 Å². The van der Waals surface area contributed by atoms with Gasteiger partial charge in [-0.25, -0.2) is 4.90 Å². The van der Waals surface area contributed by atoms with E-state index in [4.69, 9.17) is 16.3 Å². The number of imide groups is 1. The van der Waals surface area contributed by atoms with Gasteiger partial charge in [0.25, 0.3) is 11.1 Å². The average molecular weight is 346 g/mol. The van der Waals surface area contributed by atoms with Gasteiger partial charge in [0.05, 0.1) is 17.7 Å². The number of hydrogen-bond donors (Lipinski definition) is 0. The normalized spacial score (nSPS) is 16.3. The summed E-state index contributed by atoms with van der Waals surface area (Å²) in [4.78, 5) is 26.2. The zero-order valence-electron chi connectivity index (χ0n) is 12.2. The second kappa shape index (κ2) is 6.48. The molecule has 0 N–H and O–H groups in total. The first kappa shape index (κ1) is 15.6. The maximum Gasteiger partial charge on any atom is 0.298 e. The summed E-state index contributed by atoms with van der Waals surface area (Å²) < 4.78 is 5.10. The molecule has 6 heteroatoms. The van der Waals surface area contributed by atoms with E-state index in [1.54, 1.807) is 49.6 Å². The van der Waals surface area contributed by atoms with Crippen molar-refractivity contribution < 1.29 is 14.3 Å². The lowest BCUT2D eigenvalue weighted by atomic mass is 10.2. The molecule has 2 amide bonds. The van der Waals surface area contributed by atoms with Crippen LogP contribution >= 0.6 is 23.4 Å². The number of anilines is 1. The van der Waals surface area contributed by atoms with Crippen LogP contribution in [0.4, 0.5) is 10.5 Å². The highest BCUT2D eigenvalue weighted by atomic mass is 35.5. The van der Waals surface area contributed by atoms with Gasteiger partial charge in [0.2, 0.25) is 0 Å². The third-order valence-corrected chi connectivity index (χ3v) is 4.38. The summed E-state index contributed by atoms with van der Waals surface area (Å²) in [5.41, 5.74) is 1.29. The van der Waals surface area contributed by atoms with Crippen molar-refractivity contribution in [2.24, 2.45) is 0 Å². The van der Waals surface area contributed by atoms with Gasteiger partial charge in [0.15, 0.2) is 0 Å². The number of ether oxygens (including phenoxy) is 1. The van der Waals surface area contributed by atoms with Crippen molar-refractivity contribution >= 4 is 46.3 Å². The smallest absolute Gasteiger partial charge is 0.298 e. The van der Waals surface area contributed by atoms with E-state index >= 15 is 0 Å². The van der Waals surface area contributed by atoms with Crippen LogP contribution < -0.4 is 9.64 Å². The molecule has 1 aliphatic rings. The van der Waals surface area contributed by atoms with Gasteiger partial charge >= 0.3 is 0 Å². The summed E-state index contributed by atoms with van der Waals surface area (Å²) in [6.07, 6.45) is 1.69. The first-order valence-corrected chi connectivity index (χ1v) is 7.95. The standard InChI is InChI=1S/C17H12ClNO3S/c1-22-14-7-5-11(6-8-14)9-15-16(20)19(17(21)23-15)13-4-2-3-12(18)10-13/h2-10H,1H3/b15-9-. The van der Waals surface area contributed by atoms with Crippen LogP contribution in [-0.2, 0) is 4.79 Å². The number of carbonyl (C=O) groups is 2. The molecule has 0 radical (unpaired) electrons. The predicted octanol–water partition coefficient (Wildman–Crippen LogP) is 4.59. The van der Waals surface area contributed by atoms with Gasteiger partial charge in [-0.05, 0) is 53.7 Å². The fourth-order valence-electron chi connectivity index (χ4n) is 2.16. The molecule has 23 heavy (non-hydrogen) atoms. The third-order valence-electron chi connectivity index (χ3n) is 3.27. The van der Waals surface area contributed by atoms with Crippen LogP contribution in [-0.4, -0.2) is 18.3 Å². The molecule has 0 bridgehead atoms. The fraction of sp³-hybridized carbons (Fsp3) is 0.0588. The Bertz CT molecular complexity index is 802. The monoisotopic (exact) mass is 345 g/mol. The topological polar surface area (TPSA) is 46.6 Å². The Balaban J connectivity index is 1.89. The van der Waals surface area contributed by atoms with E-state index in [1.807, 2.05) is 12.1 Å². The molecule has 0 unspecified atom stereocenters. The molecule has 1 fully saturated rings. The summed E-state index contributed by atoms with van der Waals surface area (Å²) in [5, 5.41) is 0.137. The first-order chi connectivity index (χ1) is 11.1. The Morgan fingerprint density at radius 1 is 1.13 bits per heavy atom. The molecule has 1 aliphatic heterocycles. The molecule has 1 heterocycles. The number of nitrogens with zero attached hydrogens (tertiary/aromatic N) is 1. The van der Waals surface area contributed by atoms with Crippen molar-refractivity contribution in [2.75, 3.05) is 12.0 Å². The summed E-state index contributed by atoms with van der Waals surface area (Å²) in [6.45, 7) is 0. The molecule has 0 spiro atoms. The quantitative estimate of drug-likeness (QED) is 0.763. The molecule has 2 aromatic rings.